The number of carbonyl (C=O) groups is 1. The minimum atomic E-state index is -0.00804. The minimum absolute atomic E-state index is 0.00804. The van der Waals surface area contributed by atoms with Gasteiger partial charge in [-0.1, -0.05) is 36.4 Å². The lowest BCUT2D eigenvalue weighted by Crippen LogP contribution is -2.23. The van der Waals surface area contributed by atoms with Crippen molar-refractivity contribution in [3.05, 3.63) is 90.6 Å². The predicted octanol–water partition coefficient (Wildman–Crippen LogP) is 5.12. The maximum atomic E-state index is 12.2. The number of fused-ring (bicyclic) bond motifs is 1. The number of benzene rings is 3. The lowest BCUT2D eigenvalue weighted by Gasteiger charge is -2.08. The van der Waals surface area contributed by atoms with E-state index in [1.165, 1.54) is 10.9 Å². The molecule has 0 aliphatic rings. The standard InChI is InChI=1S/C25H25N3O2/c29-25(15-17-26-16-14-19-18-27-24-9-5-4-8-23(19)24)28-20-10-12-22(13-11-20)30-21-6-2-1-3-7-21/h1-13,18,26-27H,14-17H2,(H,28,29). The van der Waals surface area contributed by atoms with Gasteiger partial charge < -0.3 is 20.4 Å². The largest absolute Gasteiger partial charge is 0.457 e. The van der Waals surface area contributed by atoms with Gasteiger partial charge in [0.05, 0.1) is 0 Å². The molecule has 152 valence electrons. The lowest BCUT2D eigenvalue weighted by atomic mass is 10.1. The minimum Gasteiger partial charge on any atom is -0.457 e. The highest BCUT2D eigenvalue weighted by Crippen LogP contribution is 2.22. The zero-order valence-electron chi connectivity index (χ0n) is 16.7. The summed E-state index contributed by atoms with van der Waals surface area (Å²) in [7, 11) is 0. The fraction of sp³-hybridized carbons (Fsp3) is 0.160. The molecule has 4 aromatic rings. The van der Waals surface area contributed by atoms with Crippen molar-refractivity contribution in [1.29, 1.82) is 0 Å². The molecule has 5 heteroatoms. The average molecular weight is 399 g/mol. The topological polar surface area (TPSA) is 66.2 Å². The van der Waals surface area contributed by atoms with Crippen LogP contribution in [0.5, 0.6) is 11.5 Å². The van der Waals surface area contributed by atoms with Crippen molar-refractivity contribution in [3.8, 4) is 11.5 Å². The highest BCUT2D eigenvalue weighted by atomic mass is 16.5. The van der Waals surface area contributed by atoms with E-state index in [2.05, 4.69) is 40.0 Å². The smallest absolute Gasteiger partial charge is 0.225 e. The Kier molecular flexibility index (Phi) is 6.42. The second-order valence-electron chi connectivity index (χ2n) is 7.10. The highest BCUT2D eigenvalue weighted by Gasteiger charge is 2.05. The van der Waals surface area contributed by atoms with Gasteiger partial charge in [-0.15, -0.1) is 0 Å². The molecule has 5 nitrogen and oxygen atoms in total. The van der Waals surface area contributed by atoms with Gasteiger partial charge in [0, 0.05) is 35.8 Å². The van der Waals surface area contributed by atoms with E-state index >= 15 is 0 Å². The van der Waals surface area contributed by atoms with E-state index in [9.17, 15) is 4.79 Å². The first-order valence-electron chi connectivity index (χ1n) is 10.2. The van der Waals surface area contributed by atoms with Crippen LogP contribution < -0.4 is 15.4 Å². The molecule has 0 aliphatic heterocycles. The van der Waals surface area contributed by atoms with Gasteiger partial charge in [-0.25, -0.2) is 0 Å². The van der Waals surface area contributed by atoms with Crippen LogP contribution in [0.1, 0.15) is 12.0 Å². The van der Waals surface area contributed by atoms with Crippen LogP contribution in [0.15, 0.2) is 85.1 Å². The van der Waals surface area contributed by atoms with Gasteiger partial charge in [-0.05, 0) is 61.0 Å². The predicted molar refractivity (Wildman–Crippen MR) is 121 cm³/mol. The molecule has 0 saturated heterocycles. The number of nitrogens with one attached hydrogen (secondary N) is 3. The summed E-state index contributed by atoms with van der Waals surface area (Å²) in [4.78, 5) is 15.5. The summed E-state index contributed by atoms with van der Waals surface area (Å²) in [5.41, 5.74) is 3.21. The Balaban J connectivity index is 1.17. The van der Waals surface area contributed by atoms with Crippen molar-refractivity contribution in [2.45, 2.75) is 12.8 Å². The molecular formula is C25H25N3O2. The highest BCUT2D eigenvalue weighted by molar-refractivity contribution is 5.90. The van der Waals surface area contributed by atoms with Crippen LogP contribution in [-0.4, -0.2) is 24.0 Å². The molecule has 0 radical (unpaired) electrons. The number of aromatic amines is 1. The van der Waals surface area contributed by atoms with Crippen LogP contribution in [0.25, 0.3) is 10.9 Å². The molecule has 3 N–H and O–H groups in total. The number of anilines is 1. The van der Waals surface area contributed by atoms with Gasteiger partial charge in [-0.2, -0.15) is 0 Å². The molecule has 0 spiro atoms. The van der Waals surface area contributed by atoms with E-state index in [4.69, 9.17) is 4.74 Å². The Morgan fingerprint density at radius 3 is 2.40 bits per heavy atom. The molecule has 0 fully saturated rings. The SMILES string of the molecule is O=C(CCNCCc1c[nH]c2ccccc12)Nc1ccc(Oc2ccccc2)cc1. The molecule has 1 amide bonds. The quantitative estimate of drug-likeness (QED) is 0.342. The van der Waals surface area contributed by atoms with Crippen molar-refractivity contribution in [2.75, 3.05) is 18.4 Å². The molecule has 0 bridgehead atoms. The Bertz CT molecular complexity index is 1090. The fourth-order valence-corrected chi connectivity index (χ4v) is 3.34. The maximum absolute atomic E-state index is 12.2. The van der Waals surface area contributed by atoms with Crippen molar-refractivity contribution >= 4 is 22.5 Å². The Morgan fingerprint density at radius 2 is 1.57 bits per heavy atom. The number of para-hydroxylation sites is 2. The Labute approximate surface area is 176 Å². The molecule has 0 aliphatic carbocycles. The molecular weight excluding hydrogens is 374 g/mol. The lowest BCUT2D eigenvalue weighted by molar-refractivity contribution is -0.116. The number of rotatable bonds is 9. The Morgan fingerprint density at radius 1 is 0.833 bits per heavy atom. The maximum Gasteiger partial charge on any atom is 0.225 e. The molecule has 30 heavy (non-hydrogen) atoms. The molecule has 3 aromatic carbocycles. The van der Waals surface area contributed by atoms with Gasteiger partial charge in [0.1, 0.15) is 11.5 Å². The molecule has 4 rings (SSSR count). The number of ether oxygens (including phenoxy) is 1. The number of amides is 1. The number of aromatic nitrogens is 1. The van der Waals surface area contributed by atoms with Gasteiger partial charge in [0.15, 0.2) is 0 Å². The summed E-state index contributed by atoms with van der Waals surface area (Å²) < 4.78 is 5.76. The number of hydrogen-bond donors (Lipinski definition) is 3. The summed E-state index contributed by atoms with van der Waals surface area (Å²) in [6.45, 7) is 1.48. The van der Waals surface area contributed by atoms with E-state index in [0.29, 0.717) is 13.0 Å². The van der Waals surface area contributed by atoms with Crippen LogP contribution in [0.4, 0.5) is 5.69 Å². The normalized spacial score (nSPS) is 10.8. The third kappa shape index (κ3) is 5.27. The van der Waals surface area contributed by atoms with Crippen LogP contribution in [0.2, 0.25) is 0 Å². The van der Waals surface area contributed by atoms with E-state index in [1.54, 1.807) is 0 Å². The molecule has 0 atom stereocenters. The molecule has 0 saturated carbocycles. The van der Waals surface area contributed by atoms with E-state index < -0.39 is 0 Å². The first-order chi connectivity index (χ1) is 14.8. The van der Waals surface area contributed by atoms with Crippen LogP contribution >= 0.6 is 0 Å². The molecule has 1 heterocycles. The summed E-state index contributed by atoms with van der Waals surface area (Å²) in [6.07, 6.45) is 3.41. The molecule has 1 aromatic heterocycles. The second-order valence-corrected chi connectivity index (χ2v) is 7.10. The summed E-state index contributed by atoms with van der Waals surface area (Å²) >= 11 is 0. The summed E-state index contributed by atoms with van der Waals surface area (Å²) in [5, 5.41) is 7.53. The van der Waals surface area contributed by atoms with Gasteiger partial charge >= 0.3 is 0 Å². The number of H-pyrrole nitrogens is 1. The number of hydrogen-bond acceptors (Lipinski definition) is 3. The van der Waals surface area contributed by atoms with Gasteiger partial charge in [-0.3, -0.25) is 4.79 Å². The van der Waals surface area contributed by atoms with E-state index in [1.807, 2.05) is 60.7 Å². The van der Waals surface area contributed by atoms with Crippen molar-refractivity contribution in [3.63, 3.8) is 0 Å². The van der Waals surface area contributed by atoms with E-state index in [-0.39, 0.29) is 5.91 Å². The average Bonchev–Trinajstić information content (AvgIpc) is 3.19. The van der Waals surface area contributed by atoms with Crippen LogP contribution in [-0.2, 0) is 11.2 Å². The monoisotopic (exact) mass is 399 g/mol. The van der Waals surface area contributed by atoms with E-state index in [0.717, 1.165) is 35.7 Å². The van der Waals surface area contributed by atoms with Crippen molar-refractivity contribution < 1.29 is 9.53 Å². The number of carbonyl (C=O) groups excluding carboxylic acids is 1. The molecule has 0 unspecified atom stereocenters. The first-order valence-corrected chi connectivity index (χ1v) is 10.2. The van der Waals surface area contributed by atoms with Crippen molar-refractivity contribution in [2.24, 2.45) is 0 Å². The zero-order valence-corrected chi connectivity index (χ0v) is 16.7. The fourth-order valence-electron chi connectivity index (χ4n) is 3.34. The third-order valence-corrected chi connectivity index (χ3v) is 4.89. The summed E-state index contributed by atoms with van der Waals surface area (Å²) in [5.74, 6) is 1.51. The second kappa shape index (κ2) is 9.76. The summed E-state index contributed by atoms with van der Waals surface area (Å²) in [6, 6.07) is 25.3. The van der Waals surface area contributed by atoms with Gasteiger partial charge in [0.25, 0.3) is 0 Å². The zero-order chi connectivity index (χ0) is 20.6. The van der Waals surface area contributed by atoms with Crippen molar-refractivity contribution in [1.82, 2.24) is 10.3 Å². The third-order valence-electron chi connectivity index (χ3n) is 4.89. The van der Waals surface area contributed by atoms with Crippen LogP contribution in [0.3, 0.4) is 0 Å². The Hall–Kier alpha value is -3.57. The van der Waals surface area contributed by atoms with Gasteiger partial charge in [0.2, 0.25) is 5.91 Å². The first kappa shape index (κ1) is 19.7. The van der Waals surface area contributed by atoms with Crippen LogP contribution in [0, 0.1) is 0 Å².